The molecule has 20 heteroatoms. The Morgan fingerprint density at radius 2 is 1.98 bits per heavy atom. The van der Waals surface area contributed by atoms with Crippen LogP contribution in [0.3, 0.4) is 0 Å². The minimum absolute atomic E-state index is 0.107. The number of nitrogens with one attached hydrogen (secondary N) is 2. The van der Waals surface area contributed by atoms with Gasteiger partial charge in [0.15, 0.2) is 23.2 Å². The van der Waals surface area contributed by atoms with E-state index in [0.717, 1.165) is 26.2 Å². The molecular weight excluding hydrogens is 657 g/mol. The van der Waals surface area contributed by atoms with Crippen molar-refractivity contribution >= 4 is 52.3 Å². The number of aliphatic hydroxyl groups excluding tert-OH is 1. The van der Waals surface area contributed by atoms with Crippen LogP contribution in [-0.4, -0.2) is 94.0 Å². The van der Waals surface area contributed by atoms with Crippen LogP contribution in [0, 0.1) is 0 Å². The molecule has 1 aliphatic carbocycles. The molecule has 1 saturated heterocycles. The van der Waals surface area contributed by atoms with Crippen LogP contribution >= 0.6 is 19.3 Å². The van der Waals surface area contributed by atoms with Crippen LogP contribution in [0.4, 0.5) is 5.82 Å². The Labute approximate surface area is 263 Å². The van der Waals surface area contributed by atoms with Crippen molar-refractivity contribution in [1.29, 1.82) is 0 Å². The topological polar surface area (TPSA) is 217 Å². The number of anilines is 1. The van der Waals surface area contributed by atoms with E-state index in [1.54, 1.807) is 0 Å². The number of esters is 1. The van der Waals surface area contributed by atoms with Gasteiger partial charge in [0.1, 0.15) is 35.9 Å². The average molecular weight is 690 g/mol. The standard InChI is InChI=1S/C25H33ClN7O10PS/c1-14(23(35)40-3)30-44(37,43-17-9-5-15(26)6-10-17)41-11-18-20(34)25(2,36)24(42-18)32-13-29-19-21(32)27-12-28-22(19)33(16-7-8-16)31-45(4,38)39/h5-6,9-10,12-14,16,18,20,24,31,34,36H,7-8,11H2,1-4H3,(H,30,37)/t14?,18?,20-,24?,25-,44?/m1/s1. The van der Waals surface area contributed by atoms with Gasteiger partial charge in [-0.1, -0.05) is 11.6 Å². The lowest BCUT2D eigenvalue weighted by Crippen LogP contribution is -2.44. The fourth-order valence-electron chi connectivity index (χ4n) is 4.73. The number of hydrogen-bond donors (Lipinski definition) is 4. The van der Waals surface area contributed by atoms with Gasteiger partial charge in [-0.05, 0) is 51.0 Å². The number of benzene rings is 1. The van der Waals surface area contributed by atoms with Gasteiger partial charge in [0.25, 0.3) is 0 Å². The van der Waals surface area contributed by atoms with E-state index in [1.165, 1.54) is 60.3 Å². The number of hydrogen-bond acceptors (Lipinski definition) is 14. The van der Waals surface area contributed by atoms with Gasteiger partial charge in [0, 0.05) is 11.1 Å². The summed E-state index contributed by atoms with van der Waals surface area (Å²) < 4.78 is 61.2. The third-order valence-electron chi connectivity index (χ3n) is 7.11. The molecule has 0 radical (unpaired) electrons. The number of nitrogens with zero attached hydrogens (tertiary/aromatic N) is 5. The molecule has 2 aromatic heterocycles. The number of hydrazine groups is 1. The van der Waals surface area contributed by atoms with Gasteiger partial charge in [-0.2, -0.15) is 5.09 Å². The normalized spacial score (nSPS) is 25.5. The van der Waals surface area contributed by atoms with Crippen molar-refractivity contribution in [3.63, 3.8) is 0 Å². The molecule has 3 heterocycles. The maximum atomic E-state index is 13.8. The number of aliphatic hydroxyl groups is 2. The minimum atomic E-state index is -4.33. The van der Waals surface area contributed by atoms with Gasteiger partial charge in [0.05, 0.1) is 26.3 Å². The molecule has 246 valence electrons. The molecule has 1 saturated carbocycles. The van der Waals surface area contributed by atoms with E-state index < -0.39 is 60.4 Å². The maximum absolute atomic E-state index is 13.8. The minimum Gasteiger partial charge on any atom is -0.468 e. The van der Waals surface area contributed by atoms with E-state index in [9.17, 15) is 28.0 Å². The van der Waals surface area contributed by atoms with Crippen molar-refractivity contribution in [2.75, 3.05) is 25.0 Å². The third-order valence-corrected chi connectivity index (χ3v) is 9.53. The molecule has 17 nitrogen and oxygen atoms in total. The van der Waals surface area contributed by atoms with E-state index in [2.05, 4.69) is 24.9 Å². The summed E-state index contributed by atoms with van der Waals surface area (Å²) >= 11 is 5.93. The highest BCUT2D eigenvalue weighted by Crippen LogP contribution is 2.47. The smallest absolute Gasteiger partial charge is 0.459 e. The highest BCUT2D eigenvalue weighted by molar-refractivity contribution is 7.88. The number of rotatable bonds is 13. The summed E-state index contributed by atoms with van der Waals surface area (Å²) in [6.07, 6.45) is 0.937. The zero-order valence-corrected chi connectivity index (χ0v) is 27.1. The van der Waals surface area contributed by atoms with Crippen LogP contribution in [0.1, 0.15) is 32.9 Å². The number of ether oxygens (including phenoxy) is 2. The largest absolute Gasteiger partial charge is 0.468 e. The maximum Gasteiger partial charge on any atom is 0.459 e. The predicted octanol–water partition coefficient (Wildman–Crippen LogP) is 1.28. The Kier molecular flexibility index (Phi) is 9.43. The van der Waals surface area contributed by atoms with Crippen LogP contribution in [0.25, 0.3) is 11.2 Å². The third kappa shape index (κ3) is 7.40. The molecule has 6 atom stereocenters. The summed E-state index contributed by atoms with van der Waals surface area (Å²) in [5.74, 6) is -0.425. The lowest BCUT2D eigenvalue weighted by Gasteiger charge is -2.27. The molecule has 5 rings (SSSR count). The number of fused-ring (bicyclic) bond motifs is 1. The summed E-state index contributed by atoms with van der Waals surface area (Å²) in [5, 5.41) is 26.8. The molecule has 3 aromatic rings. The number of methoxy groups -OCH3 is 1. The molecule has 0 amide bonds. The van der Waals surface area contributed by atoms with Gasteiger partial charge in [-0.3, -0.25) is 18.9 Å². The van der Waals surface area contributed by atoms with E-state index in [1.807, 2.05) is 0 Å². The summed E-state index contributed by atoms with van der Waals surface area (Å²) in [4.78, 5) is 27.4. The molecule has 4 N–H and O–H groups in total. The average Bonchev–Trinajstić information content (AvgIpc) is 3.69. The summed E-state index contributed by atoms with van der Waals surface area (Å²) in [6, 6.07) is 4.65. The Balaban J connectivity index is 1.39. The quantitative estimate of drug-likeness (QED) is 0.113. The van der Waals surface area contributed by atoms with Gasteiger partial charge < -0.3 is 24.2 Å². The van der Waals surface area contributed by atoms with Crippen molar-refractivity contribution < 1.29 is 46.5 Å². The molecule has 2 aliphatic rings. The van der Waals surface area contributed by atoms with Crippen molar-refractivity contribution in [3.8, 4) is 5.75 Å². The first kappa shape index (κ1) is 33.4. The SMILES string of the molecule is COC(=O)C(C)NP(=O)(OCC1OC(n2cnc3c(N(NS(C)(=O)=O)C4CC4)ncnc32)[C@](C)(O)[C@@H]1O)Oc1ccc(Cl)cc1. The van der Waals surface area contributed by atoms with E-state index in [4.69, 9.17) is 30.1 Å². The first-order valence-electron chi connectivity index (χ1n) is 13.7. The van der Waals surface area contributed by atoms with E-state index >= 15 is 0 Å². The van der Waals surface area contributed by atoms with E-state index in [-0.39, 0.29) is 28.8 Å². The lowest BCUT2D eigenvalue weighted by atomic mass is 9.96. The fourth-order valence-corrected chi connectivity index (χ4v) is 6.95. The van der Waals surface area contributed by atoms with E-state index in [0.29, 0.717) is 5.02 Å². The zero-order chi connectivity index (χ0) is 32.7. The summed E-state index contributed by atoms with van der Waals surface area (Å²) in [7, 11) is -6.80. The molecule has 4 unspecified atom stereocenters. The van der Waals surface area contributed by atoms with Crippen LogP contribution in [0.15, 0.2) is 36.9 Å². The molecule has 0 spiro atoms. The van der Waals surface area contributed by atoms with Crippen LogP contribution in [0.5, 0.6) is 5.75 Å². The van der Waals surface area contributed by atoms with Gasteiger partial charge >= 0.3 is 13.7 Å². The molecule has 0 bridgehead atoms. The van der Waals surface area contributed by atoms with Crippen LogP contribution in [0.2, 0.25) is 5.02 Å². The van der Waals surface area contributed by atoms with Crippen molar-refractivity contribution in [2.24, 2.45) is 0 Å². The number of sulfonamides is 1. The Morgan fingerprint density at radius 1 is 1.29 bits per heavy atom. The van der Waals surface area contributed by atoms with Crippen molar-refractivity contribution in [3.05, 3.63) is 41.9 Å². The molecular formula is C25H33ClN7O10PS. The Morgan fingerprint density at radius 3 is 2.60 bits per heavy atom. The molecule has 2 fully saturated rings. The molecule has 1 aliphatic heterocycles. The fraction of sp³-hybridized carbons (Fsp3) is 0.520. The predicted molar refractivity (Wildman–Crippen MR) is 160 cm³/mol. The second kappa shape index (κ2) is 12.7. The Bertz CT molecular complexity index is 1710. The van der Waals surface area contributed by atoms with Crippen LogP contribution in [-0.2, 0) is 33.4 Å². The Hall–Kier alpha value is -2.93. The second-order valence-corrected chi connectivity index (χ2v) is 14.8. The molecule has 45 heavy (non-hydrogen) atoms. The first-order valence-corrected chi connectivity index (χ1v) is 17.5. The number of carbonyl (C=O) groups excluding carboxylic acids is 1. The van der Waals surface area contributed by atoms with Gasteiger partial charge in [0.2, 0.25) is 10.0 Å². The zero-order valence-electron chi connectivity index (χ0n) is 24.6. The van der Waals surface area contributed by atoms with Gasteiger partial charge in [-0.15, -0.1) is 4.83 Å². The number of halogens is 1. The second-order valence-electron chi connectivity index (χ2n) is 10.9. The monoisotopic (exact) mass is 689 g/mol. The highest BCUT2D eigenvalue weighted by atomic mass is 35.5. The highest BCUT2D eigenvalue weighted by Gasteiger charge is 2.54. The summed E-state index contributed by atoms with van der Waals surface area (Å²) in [6.45, 7) is 2.17. The number of imidazole rings is 1. The van der Waals surface area contributed by atoms with Gasteiger partial charge in [-0.25, -0.2) is 27.9 Å². The molecule has 1 aromatic carbocycles. The first-order chi connectivity index (χ1) is 21.1. The van der Waals surface area contributed by atoms with Crippen molar-refractivity contribution in [2.45, 2.75) is 62.8 Å². The number of aromatic nitrogens is 4. The lowest BCUT2D eigenvalue weighted by molar-refractivity contribution is -0.142. The summed E-state index contributed by atoms with van der Waals surface area (Å²) in [5.41, 5.74) is -1.54. The van der Waals surface area contributed by atoms with Crippen LogP contribution < -0.4 is 19.5 Å². The number of carbonyl (C=O) groups is 1. The van der Waals surface area contributed by atoms with Crippen molar-refractivity contribution in [1.82, 2.24) is 29.4 Å².